The standard InChI is InChI=1S/C13H11FN4O2S/c1-19-9-4-3-7(5-8(9)14)18-11-10(17-13(18)21)12(20-2)16-6-15-11/h3-6H,1-2H3,(H,17,21). The predicted molar refractivity (Wildman–Crippen MR) is 77.1 cm³/mol. The van der Waals surface area contributed by atoms with E-state index in [1.807, 2.05) is 0 Å². The van der Waals surface area contributed by atoms with Gasteiger partial charge in [-0.2, -0.15) is 4.98 Å². The van der Waals surface area contributed by atoms with Gasteiger partial charge >= 0.3 is 0 Å². The zero-order chi connectivity index (χ0) is 15.0. The third-order valence-electron chi connectivity index (χ3n) is 3.03. The smallest absolute Gasteiger partial charge is 0.242 e. The molecule has 1 N–H and O–H groups in total. The predicted octanol–water partition coefficient (Wildman–Crippen LogP) is 2.63. The molecule has 0 spiro atoms. The minimum atomic E-state index is -0.479. The van der Waals surface area contributed by atoms with Crippen LogP contribution in [-0.2, 0) is 0 Å². The normalized spacial score (nSPS) is 10.8. The Morgan fingerprint density at radius 1 is 1.24 bits per heavy atom. The lowest BCUT2D eigenvalue weighted by Gasteiger charge is -2.07. The Morgan fingerprint density at radius 2 is 2.05 bits per heavy atom. The highest BCUT2D eigenvalue weighted by molar-refractivity contribution is 7.71. The lowest BCUT2D eigenvalue weighted by atomic mass is 10.3. The Kier molecular flexibility index (Phi) is 3.30. The number of rotatable bonds is 3. The van der Waals surface area contributed by atoms with Crippen LogP contribution in [0.25, 0.3) is 16.9 Å². The summed E-state index contributed by atoms with van der Waals surface area (Å²) in [6.07, 6.45) is 1.36. The first-order valence-corrected chi connectivity index (χ1v) is 6.40. The van der Waals surface area contributed by atoms with E-state index in [9.17, 15) is 4.39 Å². The lowest BCUT2D eigenvalue weighted by molar-refractivity contribution is 0.386. The molecular weight excluding hydrogens is 295 g/mol. The lowest BCUT2D eigenvalue weighted by Crippen LogP contribution is -1.98. The van der Waals surface area contributed by atoms with Gasteiger partial charge < -0.3 is 14.5 Å². The second-order valence-corrected chi connectivity index (χ2v) is 4.55. The molecule has 0 atom stereocenters. The van der Waals surface area contributed by atoms with Crippen LogP contribution in [0.3, 0.4) is 0 Å². The molecule has 1 aromatic carbocycles. The van der Waals surface area contributed by atoms with Gasteiger partial charge in [-0.3, -0.25) is 4.57 Å². The van der Waals surface area contributed by atoms with Gasteiger partial charge in [0.15, 0.2) is 22.0 Å². The molecule has 0 aliphatic heterocycles. The zero-order valence-corrected chi connectivity index (χ0v) is 12.1. The first-order valence-electron chi connectivity index (χ1n) is 5.99. The maximum absolute atomic E-state index is 13.9. The molecule has 0 saturated carbocycles. The first kappa shape index (κ1) is 13.5. The number of ether oxygens (including phenoxy) is 2. The van der Waals surface area contributed by atoms with Gasteiger partial charge in [0.1, 0.15) is 11.8 Å². The zero-order valence-electron chi connectivity index (χ0n) is 11.3. The van der Waals surface area contributed by atoms with Gasteiger partial charge in [0.2, 0.25) is 5.88 Å². The molecule has 3 aromatic rings. The van der Waals surface area contributed by atoms with Crippen LogP contribution in [0.4, 0.5) is 4.39 Å². The van der Waals surface area contributed by atoms with Crippen LogP contribution >= 0.6 is 12.2 Å². The molecule has 3 rings (SSSR count). The monoisotopic (exact) mass is 306 g/mol. The number of halogens is 1. The van der Waals surface area contributed by atoms with Gasteiger partial charge in [-0.15, -0.1) is 0 Å². The molecule has 0 radical (unpaired) electrons. The summed E-state index contributed by atoms with van der Waals surface area (Å²) in [6.45, 7) is 0. The van der Waals surface area contributed by atoms with Gasteiger partial charge in [0.25, 0.3) is 0 Å². The van der Waals surface area contributed by atoms with Crippen LogP contribution in [0.15, 0.2) is 24.5 Å². The number of methoxy groups -OCH3 is 2. The van der Waals surface area contributed by atoms with Crippen LogP contribution < -0.4 is 9.47 Å². The number of imidazole rings is 1. The van der Waals surface area contributed by atoms with E-state index < -0.39 is 5.82 Å². The summed E-state index contributed by atoms with van der Waals surface area (Å²) >= 11 is 5.28. The fraction of sp³-hybridized carbons (Fsp3) is 0.154. The average molecular weight is 306 g/mol. The molecule has 0 bridgehead atoms. The van der Waals surface area contributed by atoms with Crippen molar-refractivity contribution in [2.24, 2.45) is 0 Å². The molecule has 6 nitrogen and oxygen atoms in total. The molecule has 0 fully saturated rings. The Hall–Kier alpha value is -2.48. The number of nitrogens with zero attached hydrogens (tertiary/aromatic N) is 3. The summed E-state index contributed by atoms with van der Waals surface area (Å²) in [5.41, 5.74) is 1.60. The summed E-state index contributed by atoms with van der Waals surface area (Å²) in [4.78, 5) is 11.1. The Labute approximate surface area is 124 Å². The number of benzene rings is 1. The number of aromatic amines is 1. The third-order valence-corrected chi connectivity index (χ3v) is 3.31. The fourth-order valence-corrected chi connectivity index (χ4v) is 2.38. The summed E-state index contributed by atoms with van der Waals surface area (Å²) < 4.78 is 25.9. The number of hydrogen-bond donors (Lipinski definition) is 1. The molecule has 0 amide bonds. The highest BCUT2D eigenvalue weighted by Crippen LogP contribution is 2.25. The van der Waals surface area contributed by atoms with Crippen molar-refractivity contribution in [1.29, 1.82) is 0 Å². The van der Waals surface area contributed by atoms with Crippen molar-refractivity contribution in [2.75, 3.05) is 14.2 Å². The van der Waals surface area contributed by atoms with E-state index >= 15 is 0 Å². The van der Waals surface area contributed by atoms with E-state index in [1.165, 1.54) is 32.7 Å². The highest BCUT2D eigenvalue weighted by atomic mass is 32.1. The molecule has 2 heterocycles. The maximum atomic E-state index is 13.9. The number of nitrogens with one attached hydrogen (secondary N) is 1. The topological polar surface area (TPSA) is 65.0 Å². The van der Waals surface area contributed by atoms with E-state index in [2.05, 4.69) is 15.0 Å². The van der Waals surface area contributed by atoms with Gasteiger partial charge in [-0.05, 0) is 24.4 Å². The maximum Gasteiger partial charge on any atom is 0.242 e. The summed E-state index contributed by atoms with van der Waals surface area (Å²) in [7, 11) is 2.91. The van der Waals surface area contributed by atoms with Crippen LogP contribution in [0.2, 0.25) is 0 Å². The molecule has 8 heteroatoms. The first-order chi connectivity index (χ1) is 10.2. The van der Waals surface area contributed by atoms with E-state index in [4.69, 9.17) is 21.7 Å². The molecule has 0 aliphatic carbocycles. The van der Waals surface area contributed by atoms with E-state index in [0.717, 1.165) is 0 Å². The molecular formula is C13H11FN4O2S. The second kappa shape index (κ2) is 5.13. The van der Waals surface area contributed by atoms with E-state index in [-0.39, 0.29) is 5.75 Å². The van der Waals surface area contributed by atoms with Crippen molar-refractivity contribution >= 4 is 23.4 Å². The van der Waals surface area contributed by atoms with E-state index in [1.54, 1.807) is 10.6 Å². The number of hydrogen-bond acceptors (Lipinski definition) is 5. The molecule has 108 valence electrons. The molecule has 0 saturated heterocycles. The van der Waals surface area contributed by atoms with E-state index in [0.29, 0.717) is 27.5 Å². The highest BCUT2D eigenvalue weighted by Gasteiger charge is 2.14. The number of H-pyrrole nitrogens is 1. The second-order valence-electron chi connectivity index (χ2n) is 4.17. The van der Waals surface area contributed by atoms with Crippen molar-refractivity contribution in [3.8, 4) is 17.3 Å². The minimum absolute atomic E-state index is 0.164. The Bertz CT molecular complexity index is 874. The van der Waals surface area contributed by atoms with Crippen molar-refractivity contribution in [2.45, 2.75) is 0 Å². The summed E-state index contributed by atoms with van der Waals surface area (Å²) in [5.74, 6) is 0.0587. The molecule has 0 aliphatic rings. The van der Waals surface area contributed by atoms with Gasteiger partial charge in [-0.25, -0.2) is 9.37 Å². The molecule has 21 heavy (non-hydrogen) atoms. The van der Waals surface area contributed by atoms with Crippen molar-refractivity contribution in [3.05, 3.63) is 35.1 Å². The number of fused-ring (bicyclic) bond motifs is 1. The third kappa shape index (κ3) is 2.13. The SMILES string of the molecule is COc1ccc(-n2c(=S)[nH]c3c(OC)ncnc32)cc1F. The molecule has 0 unspecified atom stereocenters. The average Bonchev–Trinajstić information content (AvgIpc) is 2.82. The van der Waals surface area contributed by atoms with Crippen LogP contribution in [0, 0.1) is 10.6 Å². The van der Waals surface area contributed by atoms with Crippen LogP contribution in [0.5, 0.6) is 11.6 Å². The fourth-order valence-electron chi connectivity index (χ4n) is 2.09. The van der Waals surface area contributed by atoms with Crippen LogP contribution in [-0.4, -0.2) is 33.7 Å². The van der Waals surface area contributed by atoms with Crippen molar-refractivity contribution in [3.63, 3.8) is 0 Å². The number of aromatic nitrogens is 4. The Balaban J connectivity index is 2.28. The van der Waals surface area contributed by atoms with Gasteiger partial charge in [0.05, 0.1) is 19.9 Å². The quantitative estimate of drug-likeness (QED) is 0.754. The van der Waals surface area contributed by atoms with Crippen LogP contribution in [0.1, 0.15) is 0 Å². The summed E-state index contributed by atoms with van der Waals surface area (Å²) in [5, 5.41) is 0. The van der Waals surface area contributed by atoms with Crippen molar-refractivity contribution in [1.82, 2.24) is 19.5 Å². The Morgan fingerprint density at radius 3 is 2.71 bits per heavy atom. The molecule has 2 aromatic heterocycles. The minimum Gasteiger partial charge on any atom is -0.494 e. The summed E-state index contributed by atoms with van der Waals surface area (Å²) in [6, 6.07) is 4.56. The van der Waals surface area contributed by atoms with Gasteiger partial charge in [0, 0.05) is 6.07 Å². The van der Waals surface area contributed by atoms with Gasteiger partial charge in [-0.1, -0.05) is 0 Å². The van der Waals surface area contributed by atoms with Crippen molar-refractivity contribution < 1.29 is 13.9 Å². The largest absolute Gasteiger partial charge is 0.494 e.